The van der Waals surface area contributed by atoms with Crippen LogP contribution in [0.2, 0.25) is 0 Å². The first-order chi connectivity index (χ1) is 7.11. The normalized spacial score (nSPS) is 11.9. The number of hydrogen-bond donors (Lipinski definition) is 1. The van der Waals surface area contributed by atoms with E-state index >= 15 is 0 Å². The van der Waals surface area contributed by atoms with Crippen molar-refractivity contribution in [3.05, 3.63) is 24.3 Å². The highest BCUT2D eigenvalue weighted by atomic mass is 19.3. The lowest BCUT2D eigenvalue weighted by molar-refractivity contribution is -0.0498. The summed E-state index contributed by atoms with van der Waals surface area (Å²) >= 11 is 0. The van der Waals surface area contributed by atoms with Crippen molar-refractivity contribution in [3.63, 3.8) is 0 Å². The van der Waals surface area contributed by atoms with E-state index in [4.69, 9.17) is 6.42 Å². The van der Waals surface area contributed by atoms with Gasteiger partial charge in [0.2, 0.25) is 0 Å². The fourth-order valence-electron chi connectivity index (χ4n) is 1.02. The van der Waals surface area contributed by atoms with Gasteiger partial charge in [-0.05, 0) is 31.2 Å². The topological polar surface area (TPSA) is 21.3 Å². The van der Waals surface area contributed by atoms with Gasteiger partial charge in [0.1, 0.15) is 5.75 Å². The first-order valence-electron chi connectivity index (χ1n) is 4.39. The summed E-state index contributed by atoms with van der Waals surface area (Å²) in [5.74, 6) is 2.63. The molecule has 0 bridgehead atoms. The Labute approximate surface area is 87.2 Å². The third-order valence-electron chi connectivity index (χ3n) is 1.71. The number of alkyl halides is 2. The minimum atomic E-state index is -2.80. The average molecular weight is 211 g/mol. The van der Waals surface area contributed by atoms with Crippen molar-refractivity contribution in [1.29, 1.82) is 0 Å². The van der Waals surface area contributed by atoms with Crippen LogP contribution in [0, 0.1) is 12.3 Å². The molecule has 0 radical (unpaired) electrons. The average Bonchev–Trinajstić information content (AvgIpc) is 2.20. The van der Waals surface area contributed by atoms with Gasteiger partial charge in [0.15, 0.2) is 0 Å². The Hall–Kier alpha value is -1.76. The van der Waals surface area contributed by atoms with Crippen LogP contribution in [0.4, 0.5) is 14.5 Å². The number of benzene rings is 1. The van der Waals surface area contributed by atoms with Gasteiger partial charge < -0.3 is 10.1 Å². The standard InChI is InChI=1S/C11H11F2NO/c1-3-8(2)14-9-4-6-10(7-5-9)15-11(12)13/h1,4-8,11,14H,2H3. The van der Waals surface area contributed by atoms with Gasteiger partial charge in [0.05, 0.1) is 6.04 Å². The van der Waals surface area contributed by atoms with E-state index in [9.17, 15) is 8.78 Å². The van der Waals surface area contributed by atoms with Crippen LogP contribution in [0.15, 0.2) is 24.3 Å². The highest BCUT2D eigenvalue weighted by Gasteiger charge is 2.03. The van der Waals surface area contributed by atoms with Gasteiger partial charge >= 0.3 is 6.61 Å². The van der Waals surface area contributed by atoms with E-state index < -0.39 is 6.61 Å². The molecule has 0 saturated carbocycles. The lowest BCUT2D eigenvalue weighted by Crippen LogP contribution is -2.11. The highest BCUT2D eigenvalue weighted by Crippen LogP contribution is 2.17. The monoisotopic (exact) mass is 211 g/mol. The lowest BCUT2D eigenvalue weighted by Gasteiger charge is -2.10. The van der Waals surface area contributed by atoms with Crippen molar-refractivity contribution in [2.45, 2.75) is 19.6 Å². The maximum atomic E-state index is 11.8. The Morgan fingerprint density at radius 1 is 1.33 bits per heavy atom. The maximum absolute atomic E-state index is 11.8. The van der Waals surface area contributed by atoms with Crippen LogP contribution >= 0.6 is 0 Å². The van der Waals surface area contributed by atoms with Gasteiger partial charge in [-0.3, -0.25) is 0 Å². The summed E-state index contributed by atoms with van der Waals surface area (Å²) in [7, 11) is 0. The molecule has 2 nitrogen and oxygen atoms in total. The van der Waals surface area contributed by atoms with Crippen molar-refractivity contribution < 1.29 is 13.5 Å². The molecule has 0 aliphatic heterocycles. The largest absolute Gasteiger partial charge is 0.435 e. The van der Waals surface area contributed by atoms with Crippen molar-refractivity contribution in [2.24, 2.45) is 0 Å². The van der Waals surface area contributed by atoms with Gasteiger partial charge in [-0.1, -0.05) is 5.92 Å². The maximum Gasteiger partial charge on any atom is 0.387 e. The van der Waals surface area contributed by atoms with E-state index in [1.807, 2.05) is 6.92 Å². The quantitative estimate of drug-likeness (QED) is 0.773. The van der Waals surface area contributed by atoms with Crippen LogP contribution in [-0.2, 0) is 0 Å². The lowest BCUT2D eigenvalue weighted by atomic mass is 10.2. The molecule has 1 rings (SSSR count). The van der Waals surface area contributed by atoms with Crippen molar-refractivity contribution in [2.75, 3.05) is 5.32 Å². The smallest absolute Gasteiger partial charge is 0.387 e. The Balaban J connectivity index is 2.61. The number of ether oxygens (including phenoxy) is 1. The van der Waals surface area contributed by atoms with Crippen LogP contribution in [0.5, 0.6) is 5.75 Å². The number of hydrogen-bond acceptors (Lipinski definition) is 2. The molecule has 80 valence electrons. The number of halogens is 2. The zero-order valence-corrected chi connectivity index (χ0v) is 8.21. The Morgan fingerprint density at radius 2 is 1.93 bits per heavy atom. The molecular weight excluding hydrogens is 200 g/mol. The van der Waals surface area contributed by atoms with Gasteiger partial charge in [-0.15, -0.1) is 6.42 Å². The SMILES string of the molecule is C#CC(C)Nc1ccc(OC(F)F)cc1. The predicted octanol–water partition coefficient (Wildman–Crippen LogP) is 2.72. The number of terminal acetylenes is 1. The number of nitrogens with one attached hydrogen (secondary N) is 1. The van der Waals surface area contributed by atoms with E-state index in [1.165, 1.54) is 12.1 Å². The summed E-state index contributed by atoms with van der Waals surface area (Å²) in [6, 6.07) is 6.07. The molecule has 0 fully saturated rings. The molecule has 1 unspecified atom stereocenters. The van der Waals surface area contributed by atoms with E-state index in [-0.39, 0.29) is 11.8 Å². The van der Waals surface area contributed by atoms with E-state index in [0.29, 0.717) is 0 Å². The predicted molar refractivity (Wildman–Crippen MR) is 55.0 cm³/mol. The Bertz CT molecular complexity index is 343. The zero-order chi connectivity index (χ0) is 11.3. The first-order valence-corrected chi connectivity index (χ1v) is 4.39. The van der Waals surface area contributed by atoms with Crippen LogP contribution in [0.3, 0.4) is 0 Å². The molecule has 0 amide bonds. The number of anilines is 1. The van der Waals surface area contributed by atoms with Gasteiger partial charge in [0, 0.05) is 5.69 Å². The molecule has 1 aromatic carbocycles. The van der Waals surface area contributed by atoms with Crippen molar-refractivity contribution >= 4 is 5.69 Å². The second-order valence-corrected chi connectivity index (χ2v) is 2.94. The van der Waals surface area contributed by atoms with E-state index in [2.05, 4.69) is 16.0 Å². The fraction of sp³-hybridized carbons (Fsp3) is 0.273. The van der Waals surface area contributed by atoms with Crippen LogP contribution in [-0.4, -0.2) is 12.7 Å². The molecule has 0 aliphatic carbocycles. The molecule has 1 atom stereocenters. The van der Waals surface area contributed by atoms with Crippen LogP contribution in [0.1, 0.15) is 6.92 Å². The van der Waals surface area contributed by atoms with Gasteiger partial charge in [-0.2, -0.15) is 8.78 Å². The van der Waals surface area contributed by atoms with Crippen molar-refractivity contribution in [1.82, 2.24) is 0 Å². The van der Waals surface area contributed by atoms with E-state index in [1.54, 1.807) is 12.1 Å². The summed E-state index contributed by atoms with van der Waals surface area (Å²) < 4.78 is 27.8. The Kier molecular flexibility index (Phi) is 3.92. The number of rotatable bonds is 4. The molecule has 0 aliphatic rings. The Morgan fingerprint density at radius 3 is 2.40 bits per heavy atom. The molecule has 1 aromatic rings. The first kappa shape index (κ1) is 11.3. The molecule has 0 aromatic heterocycles. The second kappa shape index (κ2) is 5.20. The summed E-state index contributed by atoms with van der Waals surface area (Å²) in [4.78, 5) is 0. The van der Waals surface area contributed by atoms with Gasteiger partial charge in [0.25, 0.3) is 0 Å². The molecule has 0 heterocycles. The summed E-state index contributed by atoms with van der Waals surface area (Å²) in [5.41, 5.74) is 0.766. The third kappa shape index (κ3) is 3.86. The highest BCUT2D eigenvalue weighted by molar-refractivity contribution is 5.48. The molecule has 15 heavy (non-hydrogen) atoms. The summed E-state index contributed by atoms with van der Waals surface area (Å²) in [6.07, 6.45) is 5.18. The minimum Gasteiger partial charge on any atom is -0.435 e. The van der Waals surface area contributed by atoms with Crippen LogP contribution in [0.25, 0.3) is 0 Å². The van der Waals surface area contributed by atoms with Gasteiger partial charge in [-0.25, -0.2) is 0 Å². The third-order valence-corrected chi connectivity index (χ3v) is 1.71. The fourth-order valence-corrected chi connectivity index (χ4v) is 1.02. The second-order valence-electron chi connectivity index (χ2n) is 2.94. The minimum absolute atomic E-state index is 0.105. The van der Waals surface area contributed by atoms with Crippen LogP contribution < -0.4 is 10.1 Å². The molecule has 0 spiro atoms. The molecule has 4 heteroatoms. The molecule has 0 saturated heterocycles. The summed E-state index contributed by atoms with van der Waals surface area (Å²) in [6.45, 7) is -0.975. The zero-order valence-electron chi connectivity index (χ0n) is 8.21. The summed E-state index contributed by atoms with van der Waals surface area (Å²) in [5, 5.41) is 2.99. The van der Waals surface area contributed by atoms with Crippen molar-refractivity contribution in [3.8, 4) is 18.1 Å². The van der Waals surface area contributed by atoms with E-state index in [0.717, 1.165) is 5.69 Å². The molecular formula is C11H11F2NO. The molecule has 1 N–H and O–H groups in total.